The molecule has 0 saturated carbocycles. The molecule has 188 valence electrons. The summed E-state index contributed by atoms with van der Waals surface area (Å²) in [5.74, 6) is 0.962. The standard InChI is InChI=1S/C29H38N2O4/c1-6-8-10-20(7-2)19-35-28(33)30-23-12-9-11-21(15-23)27(32)17-26-25-16-24(34-5)14-13-22(25)18-29(3,4)31-26/h9,11-17,20,31H,6-8,10,18-19H2,1-5H3,(H,30,33)/b26-17-. The second kappa shape index (κ2) is 11.9. The Hall–Kier alpha value is -3.28. The molecular formula is C29H38N2O4. The van der Waals surface area contributed by atoms with Crippen LogP contribution in [0.15, 0.2) is 48.5 Å². The fraction of sp³-hybridized carbons (Fsp3) is 0.448. The number of amides is 1. The molecule has 0 spiro atoms. The molecule has 3 rings (SSSR count). The summed E-state index contributed by atoms with van der Waals surface area (Å²) in [4.78, 5) is 25.5. The number of ketones is 1. The fourth-order valence-electron chi connectivity index (χ4n) is 4.36. The predicted molar refractivity (Wildman–Crippen MR) is 141 cm³/mol. The first kappa shape index (κ1) is 26.3. The zero-order valence-corrected chi connectivity index (χ0v) is 21.6. The molecule has 1 atom stereocenters. The number of rotatable bonds is 10. The van der Waals surface area contributed by atoms with Crippen LogP contribution >= 0.6 is 0 Å². The Morgan fingerprint density at radius 3 is 2.69 bits per heavy atom. The molecule has 1 aliphatic rings. The molecule has 0 bridgehead atoms. The van der Waals surface area contributed by atoms with Gasteiger partial charge in [-0.25, -0.2) is 4.79 Å². The molecule has 2 aromatic rings. The van der Waals surface area contributed by atoms with Crippen molar-refractivity contribution in [2.45, 2.75) is 65.3 Å². The number of benzene rings is 2. The molecule has 2 N–H and O–H groups in total. The Morgan fingerprint density at radius 2 is 1.97 bits per heavy atom. The Morgan fingerprint density at radius 1 is 1.17 bits per heavy atom. The molecule has 2 aromatic carbocycles. The van der Waals surface area contributed by atoms with E-state index in [1.807, 2.05) is 12.1 Å². The molecule has 35 heavy (non-hydrogen) atoms. The van der Waals surface area contributed by atoms with Gasteiger partial charge in [0.25, 0.3) is 0 Å². The number of unbranched alkanes of at least 4 members (excludes halogenated alkanes) is 1. The first-order valence-corrected chi connectivity index (χ1v) is 12.5. The highest BCUT2D eigenvalue weighted by molar-refractivity contribution is 6.09. The molecule has 6 nitrogen and oxygen atoms in total. The molecule has 0 radical (unpaired) electrons. The lowest BCUT2D eigenvalue weighted by atomic mass is 9.85. The van der Waals surface area contributed by atoms with E-state index in [1.165, 1.54) is 0 Å². The van der Waals surface area contributed by atoms with Crippen molar-refractivity contribution >= 4 is 23.3 Å². The monoisotopic (exact) mass is 478 g/mol. The van der Waals surface area contributed by atoms with Crippen LogP contribution in [0.25, 0.3) is 5.70 Å². The van der Waals surface area contributed by atoms with Crippen LogP contribution < -0.4 is 15.4 Å². The van der Waals surface area contributed by atoms with Crippen molar-refractivity contribution in [3.05, 3.63) is 65.2 Å². The summed E-state index contributed by atoms with van der Waals surface area (Å²) >= 11 is 0. The van der Waals surface area contributed by atoms with Gasteiger partial charge in [-0.2, -0.15) is 0 Å². The molecule has 0 fully saturated rings. The van der Waals surface area contributed by atoms with E-state index in [2.05, 4.69) is 44.4 Å². The van der Waals surface area contributed by atoms with Gasteiger partial charge in [-0.15, -0.1) is 0 Å². The molecule has 1 heterocycles. The van der Waals surface area contributed by atoms with Crippen molar-refractivity contribution in [2.24, 2.45) is 5.92 Å². The van der Waals surface area contributed by atoms with E-state index in [0.717, 1.165) is 54.7 Å². The second-order valence-electron chi connectivity index (χ2n) is 9.85. The minimum atomic E-state index is -0.500. The number of carbonyl (C=O) groups is 2. The van der Waals surface area contributed by atoms with Crippen LogP contribution in [0, 0.1) is 5.92 Å². The maximum atomic E-state index is 13.2. The molecule has 1 amide bonds. The van der Waals surface area contributed by atoms with E-state index in [-0.39, 0.29) is 11.3 Å². The van der Waals surface area contributed by atoms with E-state index < -0.39 is 6.09 Å². The first-order valence-electron chi connectivity index (χ1n) is 12.5. The lowest BCUT2D eigenvalue weighted by Gasteiger charge is -2.35. The number of methoxy groups -OCH3 is 1. The summed E-state index contributed by atoms with van der Waals surface area (Å²) in [6, 6.07) is 12.9. The number of fused-ring (bicyclic) bond motifs is 1. The Balaban J connectivity index is 1.73. The predicted octanol–water partition coefficient (Wildman–Crippen LogP) is 6.61. The summed E-state index contributed by atoms with van der Waals surface area (Å²) in [5.41, 5.74) is 3.71. The summed E-state index contributed by atoms with van der Waals surface area (Å²) in [6.07, 6.45) is 6.26. The number of ether oxygens (including phenoxy) is 2. The summed E-state index contributed by atoms with van der Waals surface area (Å²) in [6.45, 7) is 8.89. The first-order chi connectivity index (χ1) is 16.7. The van der Waals surface area contributed by atoms with E-state index in [1.54, 1.807) is 37.5 Å². The van der Waals surface area contributed by atoms with Crippen LogP contribution in [0.5, 0.6) is 5.75 Å². The van der Waals surface area contributed by atoms with E-state index >= 15 is 0 Å². The highest BCUT2D eigenvalue weighted by Crippen LogP contribution is 2.32. The summed E-state index contributed by atoms with van der Waals surface area (Å²) in [5, 5.41) is 6.24. The third-order valence-corrected chi connectivity index (χ3v) is 6.37. The number of carbonyl (C=O) groups excluding carboxylic acids is 2. The molecule has 6 heteroatoms. The van der Waals surface area contributed by atoms with Crippen LogP contribution in [0.3, 0.4) is 0 Å². The number of allylic oxidation sites excluding steroid dienone is 1. The average Bonchev–Trinajstić information content (AvgIpc) is 2.83. The van der Waals surface area contributed by atoms with Crippen molar-refractivity contribution in [3.8, 4) is 5.75 Å². The van der Waals surface area contributed by atoms with Gasteiger partial charge in [0.15, 0.2) is 5.78 Å². The van der Waals surface area contributed by atoms with Gasteiger partial charge in [0, 0.05) is 34.1 Å². The van der Waals surface area contributed by atoms with Crippen molar-refractivity contribution in [1.29, 1.82) is 0 Å². The quantitative estimate of drug-likeness (QED) is 0.297. The molecule has 0 saturated heterocycles. The Kier molecular flexibility index (Phi) is 8.96. The topological polar surface area (TPSA) is 76.7 Å². The number of hydrogen-bond acceptors (Lipinski definition) is 5. The van der Waals surface area contributed by atoms with E-state index in [9.17, 15) is 9.59 Å². The number of anilines is 1. The highest BCUT2D eigenvalue weighted by atomic mass is 16.5. The minimum absolute atomic E-state index is 0.151. The van der Waals surface area contributed by atoms with Gasteiger partial charge in [0.2, 0.25) is 0 Å². The number of nitrogens with one attached hydrogen (secondary N) is 2. The van der Waals surface area contributed by atoms with E-state index in [4.69, 9.17) is 9.47 Å². The van der Waals surface area contributed by atoms with Crippen molar-refractivity contribution in [3.63, 3.8) is 0 Å². The van der Waals surface area contributed by atoms with Gasteiger partial charge < -0.3 is 14.8 Å². The SMILES string of the molecule is CCCCC(CC)COC(=O)Nc1cccc(C(=O)/C=C2\NC(C)(C)Cc3ccc(OC)cc32)c1. The Labute approximate surface area is 209 Å². The molecule has 0 aromatic heterocycles. The minimum Gasteiger partial charge on any atom is -0.497 e. The summed E-state index contributed by atoms with van der Waals surface area (Å²) in [7, 11) is 1.63. The second-order valence-corrected chi connectivity index (χ2v) is 9.85. The fourth-order valence-corrected chi connectivity index (χ4v) is 4.36. The lowest BCUT2D eigenvalue weighted by molar-refractivity contribution is 0.104. The number of hydrogen-bond donors (Lipinski definition) is 2. The zero-order valence-electron chi connectivity index (χ0n) is 21.6. The lowest BCUT2D eigenvalue weighted by Crippen LogP contribution is -2.43. The normalized spacial score (nSPS) is 16.1. The van der Waals surface area contributed by atoms with Gasteiger partial charge in [0.05, 0.1) is 13.7 Å². The van der Waals surface area contributed by atoms with Gasteiger partial charge in [-0.05, 0) is 62.4 Å². The van der Waals surface area contributed by atoms with E-state index in [0.29, 0.717) is 23.8 Å². The Bertz CT molecular complexity index is 1070. The van der Waals surface area contributed by atoms with Crippen LogP contribution in [-0.2, 0) is 11.2 Å². The van der Waals surface area contributed by atoms with Crippen LogP contribution in [0.1, 0.15) is 74.9 Å². The third-order valence-electron chi connectivity index (χ3n) is 6.37. The largest absolute Gasteiger partial charge is 0.497 e. The third kappa shape index (κ3) is 7.35. The molecule has 1 aliphatic heterocycles. The van der Waals surface area contributed by atoms with Crippen molar-refractivity contribution in [1.82, 2.24) is 5.32 Å². The van der Waals surface area contributed by atoms with Gasteiger partial charge in [-0.3, -0.25) is 10.1 Å². The summed E-state index contributed by atoms with van der Waals surface area (Å²) < 4.78 is 10.8. The van der Waals surface area contributed by atoms with Gasteiger partial charge >= 0.3 is 6.09 Å². The van der Waals surface area contributed by atoms with Gasteiger partial charge in [0.1, 0.15) is 5.75 Å². The zero-order chi connectivity index (χ0) is 25.4. The smallest absolute Gasteiger partial charge is 0.411 e. The van der Waals surface area contributed by atoms with Crippen molar-refractivity contribution < 1.29 is 19.1 Å². The maximum Gasteiger partial charge on any atom is 0.411 e. The van der Waals surface area contributed by atoms with Gasteiger partial charge in [-0.1, -0.05) is 51.3 Å². The van der Waals surface area contributed by atoms with Crippen molar-refractivity contribution in [2.75, 3.05) is 19.0 Å². The average molecular weight is 479 g/mol. The maximum absolute atomic E-state index is 13.2. The molecule has 0 aliphatic carbocycles. The van der Waals surface area contributed by atoms with Crippen LogP contribution in [-0.4, -0.2) is 31.1 Å². The van der Waals surface area contributed by atoms with Crippen LogP contribution in [0.4, 0.5) is 10.5 Å². The molecular weight excluding hydrogens is 440 g/mol. The highest BCUT2D eigenvalue weighted by Gasteiger charge is 2.28. The van der Waals surface area contributed by atoms with Crippen LogP contribution in [0.2, 0.25) is 0 Å². The molecule has 1 unspecified atom stereocenters.